The zero-order valence-electron chi connectivity index (χ0n) is 19.4. The largest absolute Gasteiger partial charge is 0.337 e. The lowest BCUT2D eigenvalue weighted by molar-refractivity contribution is 0.402. The predicted molar refractivity (Wildman–Crippen MR) is 138 cm³/mol. The quantitative estimate of drug-likeness (QED) is 0.324. The monoisotopic (exact) mass is 483 g/mol. The minimum Gasteiger partial charge on any atom is -0.337 e. The number of fused-ring (bicyclic) bond motifs is 2. The van der Waals surface area contributed by atoms with E-state index in [0.717, 1.165) is 27.0 Å². The maximum Gasteiger partial charge on any atom is 0.161 e. The fourth-order valence-electron chi connectivity index (χ4n) is 4.34. The first-order chi connectivity index (χ1) is 17.0. The van der Waals surface area contributed by atoms with Crippen LogP contribution in [0, 0.1) is 12.7 Å². The minimum atomic E-state index is -0.454. The molecular weight excluding hydrogens is 461 g/mol. The number of thiophene rings is 1. The van der Waals surface area contributed by atoms with Crippen LogP contribution in [-0.4, -0.2) is 49.1 Å². The van der Waals surface area contributed by atoms with E-state index < -0.39 is 5.82 Å². The Morgan fingerprint density at radius 2 is 1.91 bits per heavy atom. The van der Waals surface area contributed by atoms with Crippen LogP contribution in [0.1, 0.15) is 10.4 Å². The van der Waals surface area contributed by atoms with E-state index in [1.165, 1.54) is 4.88 Å². The van der Waals surface area contributed by atoms with Gasteiger partial charge in [0.2, 0.25) is 0 Å². The molecular formula is C26H22FN7S. The lowest BCUT2D eigenvalue weighted by atomic mass is 10.1. The van der Waals surface area contributed by atoms with Crippen LogP contribution in [0.25, 0.3) is 55.2 Å². The number of H-pyrrole nitrogens is 2. The lowest BCUT2D eigenvalue weighted by Crippen LogP contribution is -2.10. The van der Waals surface area contributed by atoms with Gasteiger partial charge in [-0.05, 0) is 50.8 Å². The number of aryl methyl sites for hydroxylation is 1. The Morgan fingerprint density at radius 3 is 2.71 bits per heavy atom. The van der Waals surface area contributed by atoms with Gasteiger partial charge in [0.05, 0.1) is 28.1 Å². The second kappa shape index (κ2) is 8.37. The van der Waals surface area contributed by atoms with Gasteiger partial charge >= 0.3 is 0 Å². The molecule has 0 amide bonds. The Bertz CT molecular complexity index is 1700. The molecule has 0 bridgehead atoms. The molecule has 0 saturated carbocycles. The highest BCUT2D eigenvalue weighted by atomic mass is 32.1. The van der Waals surface area contributed by atoms with Crippen molar-refractivity contribution >= 4 is 33.3 Å². The molecule has 35 heavy (non-hydrogen) atoms. The summed E-state index contributed by atoms with van der Waals surface area (Å²) in [6.07, 6.45) is 5.02. The molecule has 0 atom stereocenters. The highest BCUT2D eigenvalue weighted by molar-refractivity contribution is 7.15. The maximum absolute atomic E-state index is 15.9. The average Bonchev–Trinajstić information content (AvgIpc) is 3.56. The third-order valence-corrected chi connectivity index (χ3v) is 6.89. The topological polar surface area (TPSA) is 86.4 Å². The summed E-state index contributed by atoms with van der Waals surface area (Å²) >= 11 is 1.72. The van der Waals surface area contributed by atoms with E-state index in [2.05, 4.69) is 50.3 Å². The summed E-state index contributed by atoms with van der Waals surface area (Å²) in [5.74, 6) is 0.0483. The molecule has 174 valence electrons. The number of nitrogens with one attached hydrogen (secondary N) is 2. The molecule has 0 radical (unpaired) electrons. The van der Waals surface area contributed by atoms with Crippen LogP contribution in [0.4, 0.5) is 4.39 Å². The van der Waals surface area contributed by atoms with Crippen molar-refractivity contribution in [3.8, 4) is 33.2 Å². The van der Waals surface area contributed by atoms with Crippen molar-refractivity contribution in [1.29, 1.82) is 0 Å². The Morgan fingerprint density at radius 1 is 1.03 bits per heavy atom. The first-order valence-corrected chi connectivity index (χ1v) is 12.0. The molecule has 0 aliphatic rings. The van der Waals surface area contributed by atoms with Crippen LogP contribution < -0.4 is 0 Å². The Labute approximate surface area is 204 Å². The minimum absolute atomic E-state index is 0.235. The molecule has 0 aliphatic heterocycles. The van der Waals surface area contributed by atoms with Gasteiger partial charge in [0, 0.05) is 39.8 Å². The molecule has 2 N–H and O–H groups in total. The number of aromatic nitrogens is 6. The van der Waals surface area contributed by atoms with E-state index in [-0.39, 0.29) is 5.69 Å². The van der Waals surface area contributed by atoms with Gasteiger partial charge in [0.25, 0.3) is 0 Å². The zero-order chi connectivity index (χ0) is 24.1. The first kappa shape index (κ1) is 21.6. The van der Waals surface area contributed by atoms with E-state index >= 15 is 4.39 Å². The number of halogens is 1. The van der Waals surface area contributed by atoms with Gasteiger partial charge < -0.3 is 9.88 Å². The molecule has 0 unspecified atom stereocenters. The molecule has 6 rings (SSSR count). The number of hydrogen-bond acceptors (Lipinski definition) is 6. The van der Waals surface area contributed by atoms with Gasteiger partial charge in [-0.2, -0.15) is 5.10 Å². The molecule has 1 aromatic carbocycles. The van der Waals surface area contributed by atoms with E-state index in [1.807, 2.05) is 37.2 Å². The van der Waals surface area contributed by atoms with Crippen molar-refractivity contribution in [2.24, 2.45) is 0 Å². The van der Waals surface area contributed by atoms with E-state index in [9.17, 15) is 0 Å². The fourth-order valence-corrected chi connectivity index (χ4v) is 5.23. The van der Waals surface area contributed by atoms with Crippen molar-refractivity contribution in [3.05, 3.63) is 71.2 Å². The Kier molecular flexibility index (Phi) is 5.16. The SMILES string of the molecule is Cc1ccc(-c2cccc3[nH]c(-c4n[nH]c5cnc(-c6cncc(CN(C)C)c6)c(F)c45)nc23)s1. The average molecular weight is 484 g/mol. The van der Waals surface area contributed by atoms with Gasteiger partial charge in [0.1, 0.15) is 11.4 Å². The number of benzene rings is 1. The number of rotatable bonds is 5. The van der Waals surface area contributed by atoms with Crippen LogP contribution in [0.15, 0.2) is 55.0 Å². The normalized spacial score (nSPS) is 11.8. The van der Waals surface area contributed by atoms with Crippen LogP contribution >= 0.6 is 11.3 Å². The summed E-state index contributed by atoms with van der Waals surface area (Å²) in [4.78, 5) is 21.3. The van der Waals surface area contributed by atoms with E-state index in [0.29, 0.717) is 34.5 Å². The maximum atomic E-state index is 15.9. The second-order valence-electron chi connectivity index (χ2n) is 8.80. The van der Waals surface area contributed by atoms with Gasteiger partial charge in [0.15, 0.2) is 11.6 Å². The summed E-state index contributed by atoms with van der Waals surface area (Å²) in [6.45, 7) is 2.78. The molecule has 0 saturated heterocycles. The molecule has 5 aromatic heterocycles. The van der Waals surface area contributed by atoms with Crippen LogP contribution in [0.2, 0.25) is 0 Å². The van der Waals surface area contributed by atoms with Crippen molar-refractivity contribution in [2.75, 3.05) is 14.1 Å². The Hall–Kier alpha value is -3.95. The molecule has 0 spiro atoms. The molecule has 6 aromatic rings. The molecule has 5 heterocycles. The summed E-state index contributed by atoms with van der Waals surface area (Å²) in [5.41, 5.74) is 5.50. The Balaban J connectivity index is 1.49. The number of nitrogens with zero attached hydrogens (tertiary/aromatic N) is 5. The van der Waals surface area contributed by atoms with E-state index in [4.69, 9.17) is 4.98 Å². The highest BCUT2D eigenvalue weighted by Gasteiger charge is 2.21. The predicted octanol–water partition coefficient (Wildman–Crippen LogP) is 5.80. The number of imidazole rings is 1. The second-order valence-corrected chi connectivity index (χ2v) is 10.1. The smallest absolute Gasteiger partial charge is 0.161 e. The third-order valence-electron chi connectivity index (χ3n) is 5.85. The van der Waals surface area contributed by atoms with Gasteiger partial charge in [-0.1, -0.05) is 12.1 Å². The van der Waals surface area contributed by atoms with E-state index in [1.54, 1.807) is 29.9 Å². The number of pyridine rings is 2. The highest BCUT2D eigenvalue weighted by Crippen LogP contribution is 2.36. The summed E-state index contributed by atoms with van der Waals surface area (Å²) in [5, 5.41) is 7.65. The fraction of sp³-hybridized carbons (Fsp3) is 0.154. The standard InChI is InChI=1S/C26H22FN7S/c1-14-7-8-20(35-14)17-5-4-6-18-24(17)31-26(30-18)25-21-19(32-33-25)12-29-23(22(21)27)16-9-15(10-28-11-16)13-34(2)3/h4-12H,13H2,1-3H3,(H,30,31)(H,32,33). The van der Waals surface area contributed by atoms with Crippen molar-refractivity contribution < 1.29 is 4.39 Å². The number of aromatic amines is 2. The van der Waals surface area contributed by atoms with Gasteiger partial charge in [-0.25, -0.2) is 9.37 Å². The molecule has 0 fully saturated rings. The van der Waals surface area contributed by atoms with Crippen LogP contribution in [0.3, 0.4) is 0 Å². The zero-order valence-corrected chi connectivity index (χ0v) is 20.2. The lowest BCUT2D eigenvalue weighted by Gasteiger charge is -2.10. The van der Waals surface area contributed by atoms with Crippen LogP contribution in [-0.2, 0) is 6.54 Å². The molecule has 0 aliphatic carbocycles. The van der Waals surface area contributed by atoms with Crippen molar-refractivity contribution in [2.45, 2.75) is 13.5 Å². The van der Waals surface area contributed by atoms with Crippen LogP contribution in [0.5, 0.6) is 0 Å². The molecule has 7 nitrogen and oxygen atoms in total. The summed E-state index contributed by atoms with van der Waals surface area (Å²) < 4.78 is 15.9. The number of hydrogen-bond donors (Lipinski definition) is 2. The number of para-hydroxylation sites is 1. The molecule has 9 heteroatoms. The summed E-state index contributed by atoms with van der Waals surface area (Å²) in [7, 11) is 3.96. The summed E-state index contributed by atoms with van der Waals surface area (Å²) in [6, 6.07) is 12.1. The van der Waals surface area contributed by atoms with Crippen molar-refractivity contribution in [3.63, 3.8) is 0 Å². The first-order valence-electron chi connectivity index (χ1n) is 11.2. The van der Waals surface area contributed by atoms with Crippen molar-refractivity contribution in [1.82, 2.24) is 35.0 Å². The van der Waals surface area contributed by atoms with Gasteiger partial charge in [-0.3, -0.25) is 15.1 Å². The van der Waals surface area contributed by atoms with Gasteiger partial charge in [-0.15, -0.1) is 11.3 Å². The third kappa shape index (κ3) is 3.78.